The minimum atomic E-state index is 0.611. The zero-order valence-electron chi connectivity index (χ0n) is 7.86. The molecule has 4 heteroatoms. The average molecular weight is 197 g/mol. The number of nitrogens with two attached hydrogens (primary N) is 1. The Labute approximate surface area is 82.6 Å². The molecule has 1 aliphatic rings. The number of nitrogens with zero attached hydrogens (tertiary/aromatic N) is 2. The lowest BCUT2D eigenvalue weighted by molar-refractivity contribution is 0.733. The summed E-state index contributed by atoms with van der Waals surface area (Å²) in [5.41, 5.74) is 5.55. The van der Waals surface area contributed by atoms with Gasteiger partial charge in [-0.15, -0.1) is 11.3 Å². The Kier molecular flexibility index (Phi) is 2.51. The molecule has 1 aromatic rings. The highest BCUT2D eigenvalue weighted by molar-refractivity contribution is 7.15. The van der Waals surface area contributed by atoms with Crippen molar-refractivity contribution in [1.82, 2.24) is 4.98 Å². The van der Waals surface area contributed by atoms with Crippen LogP contribution in [0.15, 0.2) is 6.20 Å². The molecule has 1 fully saturated rings. The molecule has 0 aliphatic carbocycles. The van der Waals surface area contributed by atoms with E-state index in [9.17, 15) is 0 Å². The van der Waals surface area contributed by atoms with Crippen LogP contribution in [0.3, 0.4) is 0 Å². The highest BCUT2D eigenvalue weighted by Gasteiger charge is 2.22. The van der Waals surface area contributed by atoms with Crippen LogP contribution in [0, 0.1) is 0 Å². The molecule has 0 amide bonds. The smallest absolute Gasteiger partial charge is 0.185 e. The van der Waals surface area contributed by atoms with Crippen molar-refractivity contribution in [1.29, 1.82) is 0 Å². The quantitative estimate of drug-likeness (QED) is 0.783. The van der Waals surface area contributed by atoms with Crippen molar-refractivity contribution in [3.05, 3.63) is 11.1 Å². The second-order valence-corrected chi connectivity index (χ2v) is 4.59. The Morgan fingerprint density at radius 1 is 1.77 bits per heavy atom. The van der Waals surface area contributed by atoms with Crippen molar-refractivity contribution in [2.45, 2.75) is 32.4 Å². The summed E-state index contributed by atoms with van der Waals surface area (Å²) < 4.78 is 0. The van der Waals surface area contributed by atoms with Crippen molar-refractivity contribution in [3.63, 3.8) is 0 Å². The second kappa shape index (κ2) is 3.64. The molecule has 1 aliphatic heterocycles. The van der Waals surface area contributed by atoms with Gasteiger partial charge in [-0.3, -0.25) is 0 Å². The Balaban J connectivity index is 2.15. The van der Waals surface area contributed by atoms with Gasteiger partial charge in [-0.05, 0) is 19.8 Å². The number of hydrogen-bond donors (Lipinski definition) is 1. The van der Waals surface area contributed by atoms with Crippen LogP contribution in [0.2, 0.25) is 0 Å². The maximum Gasteiger partial charge on any atom is 0.185 e. The van der Waals surface area contributed by atoms with Crippen molar-refractivity contribution >= 4 is 16.5 Å². The lowest BCUT2D eigenvalue weighted by atomic mass is 10.2. The lowest BCUT2D eigenvalue weighted by Gasteiger charge is -2.19. The molecule has 72 valence electrons. The second-order valence-electron chi connectivity index (χ2n) is 3.50. The van der Waals surface area contributed by atoms with E-state index in [0.717, 1.165) is 11.7 Å². The molecule has 0 spiro atoms. The van der Waals surface area contributed by atoms with Gasteiger partial charge in [-0.25, -0.2) is 4.98 Å². The molecule has 3 nitrogen and oxygen atoms in total. The third kappa shape index (κ3) is 1.69. The van der Waals surface area contributed by atoms with Gasteiger partial charge < -0.3 is 10.6 Å². The summed E-state index contributed by atoms with van der Waals surface area (Å²) in [6.07, 6.45) is 4.47. The molecule has 0 radical (unpaired) electrons. The Morgan fingerprint density at radius 2 is 2.62 bits per heavy atom. The molecule has 0 aromatic carbocycles. The fraction of sp³-hybridized carbons (Fsp3) is 0.667. The predicted octanol–water partition coefficient (Wildman–Crippen LogP) is 1.59. The number of aromatic nitrogens is 1. The number of hydrogen-bond acceptors (Lipinski definition) is 4. The molecule has 2 heterocycles. The third-order valence-electron chi connectivity index (χ3n) is 2.54. The zero-order valence-corrected chi connectivity index (χ0v) is 8.68. The van der Waals surface area contributed by atoms with E-state index in [2.05, 4.69) is 16.8 Å². The van der Waals surface area contributed by atoms with Gasteiger partial charge in [0.1, 0.15) is 0 Å². The van der Waals surface area contributed by atoms with Crippen LogP contribution in [0.25, 0.3) is 0 Å². The first-order chi connectivity index (χ1) is 6.31. The largest absolute Gasteiger partial charge is 0.345 e. The lowest BCUT2D eigenvalue weighted by Crippen LogP contribution is -2.25. The molecule has 13 heavy (non-hydrogen) atoms. The Bertz CT molecular complexity index is 284. The van der Waals surface area contributed by atoms with Crippen LogP contribution in [0.1, 0.15) is 24.6 Å². The van der Waals surface area contributed by atoms with Crippen LogP contribution in [-0.2, 0) is 6.54 Å². The van der Waals surface area contributed by atoms with Gasteiger partial charge in [-0.1, -0.05) is 0 Å². The van der Waals surface area contributed by atoms with Crippen molar-refractivity contribution < 1.29 is 0 Å². The first kappa shape index (κ1) is 8.97. The fourth-order valence-corrected chi connectivity index (χ4v) is 2.66. The molecule has 1 atom stereocenters. The number of rotatable bonds is 2. The first-order valence-electron chi connectivity index (χ1n) is 4.72. The molecular weight excluding hydrogens is 182 g/mol. The topological polar surface area (TPSA) is 42.2 Å². The molecule has 2 N–H and O–H groups in total. The van der Waals surface area contributed by atoms with E-state index in [1.165, 1.54) is 17.7 Å². The SMILES string of the molecule is CC1CCCN1c1ncc(CN)s1. The van der Waals surface area contributed by atoms with Crippen LogP contribution < -0.4 is 10.6 Å². The normalized spacial score (nSPS) is 22.6. The molecule has 1 saturated heterocycles. The Hall–Kier alpha value is -0.610. The van der Waals surface area contributed by atoms with Crippen molar-refractivity contribution in [3.8, 4) is 0 Å². The molecule has 0 saturated carbocycles. The number of thiazole rings is 1. The molecule has 0 bridgehead atoms. The summed E-state index contributed by atoms with van der Waals surface area (Å²) in [4.78, 5) is 7.94. The van der Waals surface area contributed by atoms with Gasteiger partial charge in [0.15, 0.2) is 5.13 Å². The Morgan fingerprint density at radius 3 is 3.15 bits per heavy atom. The molecule has 2 rings (SSSR count). The average Bonchev–Trinajstić information content (AvgIpc) is 2.71. The van der Waals surface area contributed by atoms with Gasteiger partial charge in [-0.2, -0.15) is 0 Å². The van der Waals surface area contributed by atoms with Gasteiger partial charge in [0, 0.05) is 30.2 Å². The van der Waals surface area contributed by atoms with Gasteiger partial charge >= 0.3 is 0 Å². The van der Waals surface area contributed by atoms with Crippen molar-refractivity contribution in [2.75, 3.05) is 11.4 Å². The third-order valence-corrected chi connectivity index (χ3v) is 3.60. The molecule has 1 aromatic heterocycles. The maximum absolute atomic E-state index is 5.55. The maximum atomic E-state index is 5.55. The summed E-state index contributed by atoms with van der Waals surface area (Å²) in [5.74, 6) is 0. The van der Waals surface area contributed by atoms with Crippen LogP contribution in [0.5, 0.6) is 0 Å². The first-order valence-corrected chi connectivity index (χ1v) is 5.54. The van der Waals surface area contributed by atoms with E-state index < -0.39 is 0 Å². The summed E-state index contributed by atoms with van der Waals surface area (Å²) in [5, 5.41) is 1.14. The van der Waals surface area contributed by atoms with E-state index >= 15 is 0 Å². The number of anilines is 1. The molecular formula is C9H15N3S. The standard InChI is InChI=1S/C9H15N3S/c1-7-3-2-4-12(7)9-11-6-8(5-10)13-9/h6-7H,2-5,10H2,1H3. The highest BCUT2D eigenvalue weighted by Crippen LogP contribution is 2.28. The highest BCUT2D eigenvalue weighted by atomic mass is 32.1. The summed E-state index contributed by atoms with van der Waals surface area (Å²) in [7, 11) is 0. The van der Waals surface area contributed by atoms with E-state index in [1.807, 2.05) is 6.20 Å². The summed E-state index contributed by atoms with van der Waals surface area (Å²) in [6, 6.07) is 0.650. The minimum Gasteiger partial charge on any atom is -0.345 e. The fourth-order valence-electron chi connectivity index (χ4n) is 1.74. The molecule has 1 unspecified atom stereocenters. The summed E-state index contributed by atoms with van der Waals surface area (Å²) >= 11 is 1.72. The minimum absolute atomic E-state index is 0.611. The van der Waals surface area contributed by atoms with E-state index in [0.29, 0.717) is 12.6 Å². The van der Waals surface area contributed by atoms with Gasteiger partial charge in [0.2, 0.25) is 0 Å². The van der Waals surface area contributed by atoms with E-state index in [-0.39, 0.29) is 0 Å². The van der Waals surface area contributed by atoms with Crippen LogP contribution in [-0.4, -0.2) is 17.6 Å². The van der Waals surface area contributed by atoms with E-state index in [1.54, 1.807) is 11.3 Å². The summed E-state index contributed by atoms with van der Waals surface area (Å²) in [6.45, 7) is 4.02. The van der Waals surface area contributed by atoms with Crippen molar-refractivity contribution in [2.24, 2.45) is 5.73 Å². The zero-order chi connectivity index (χ0) is 9.26. The van der Waals surface area contributed by atoms with Gasteiger partial charge in [0.05, 0.1) is 0 Å². The van der Waals surface area contributed by atoms with E-state index in [4.69, 9.17) is 5.73 Å². The predicted molar refractivity (Wildman–Crippen MR) is 56.0 cm³/mol. The monoisotopic (exact) mass is 197 g/mol. The van der Waals surface area contributed by atoms with Gasteiger partial charge in [0.25, 0.3) is 0 Å². The van der Waals surface area contributed by atoms with Crippen LogP contribution >= 0.6 is 11.3 Å². The van der Waals surface area contributed by atoms with Crippen LogP contribution in [0.4, 0.5) is 5.13 Å².